The molecule has 0 bridgehead atoms. The van der Waals surface area contributed by atoms with Gasteiger partial charge in [-0.2, -0.15) is 0 Å². The number of carbonyl (C=O) groups is 1. The Morgan fingerprint density at radius 1 is 1.09 bits per heavy atom. The van der Waals surface area contributed by atoms with Crippen molar-refractivity contribution in [2.45, 2.75) is 6.42 Å². The molecule has 0 spiro atoms. The van der Waals surface area contributed by atoms with Gasteiger partial charge in [-0.3, -0.25) is 9.10 Å². The third kappa shape index (κ3) is 5.03. The molecule has 0 atom stereocenters. The molecule has 11 heteroatoms. The van der Waals surface area contributed by atoms with Crippen molar-refractivity contribution in [3.8, 4) is 11.5 Å². The van der Waals surface area contributed by atoms with Gasteiger partial charge in [0.05, 0.1) is 22.8 Å². The summed E-state index contributed by atoms with van der Waals surface area (Å²) in [5, 5.41) is 2.70. The fourth-order valence-electron chi connectivity index (χ4n) is 3.51. The molecule has 3 N–H and O–H groups in total. The van der Waals surface area contributed by atoms with Crippen molar-refractivity contribution in [2.24, 2.45) is 5.73 Å². The Morgan fingerprint density at radius 3 is 2.55 bits per heavy atom. The van der Waals surface area contributed by atoms with E-state index < -0.39 is 27.6 Å². The zero-order chi connectivity index (χ0) is 23.8. The van der Waals surface area contributed by atoms with E-state index in [1.165, 1.54) is 28.6 Å². The number of nitrogens with two attached hydrogens (primary N) is 1. The van der Waals surface area contributed by atoms with Crippen molar-refractivity contribution in [1.29, 1.82) is 0 Å². The van der Waals surface area contributed by atoms with Crippen LogP contribution >= 0.6 is 22.6 Å². The van der Waals surface area contributed by atoms with Crippen LogP contribution in [0, 0.1) is 15.2 Å². The van der Waals surface area contributed by atoms with E-state index in [1.54, 1.807) is 18.2 Å². The Hall–Kier alpha value is -2.93. The molecule has 172 valence electrons. The summed E-state index contributed by atoms with van der Waals surface area (Å²) in [5.74, 6) is -2.23. The van der Waals surface area contributed by atoms with Gasteiger partial charge in [-0.05, 0) is 65.4 Å². The summed E-state index contributed by atoms with van der Waals surface area (Å²) in [4.78, 5) is 12.2. The summed E-state index contributed by atoms with van der Waals surface area (Å²) in [7, 11) is -3.41. The first-order chi connectivity index (χ1) is 15.6. The Kier molecular flexibility index (Phi) is 6.43. The average molecular weight is 585 g/mol. The van der Waals surface area contributed by atoms with Crippen molar-refractivity contribution in [1.82, 2.24) is 0 Å². The molecule has 1 amide bonds. The fourth-order valence-corrected chi connectivity index (χ4v) is 5.52. The lowest BCUT2D eigenvalue weighted by atomic mass is 10.1. The van der Waals surface area contributed by atoms with Crippen LogP contribution in [0.3, 0.4) is 0 Å². The minimum absolute atomic E-state index is 0.0238. The van der Waals surface area contributed by atoms with E-state index in [1.807, 2.05) is 22.6 Å². The first-order valence-electron chi connectivity index (χ1n) is 9.78. The fraction of sp³-hybridized carbons (Fsp3) is 0.136. The maximum atomic E-state index is 14.4. The minimum atomic E-state index is -3.41. The van der Waals surface area contributed by atoms with Gasteiger partial charge in [-0.15, -0.1) is 0 Å². The predicted octanol–water partition coefficient (Wildman–Crippen LogP) is 4.74. The van der Waals surface area contributed by atoms with E-state index in [-0.39, 0.29) is 34.2 Å². The van der Waals surface area contributed by atoms with Crippen LogP contribution in [0.2, 0.25) is 0 Å². The molecular weight excluding hydrogens is 567 g/mol. The number of primary amides is 1. The molecule has 7 nitrogen and oxygen atoms in total. The van der Waals surface area contributed by atoms with Crippen LogP contribution in [0.15, 0.2) is 54.6 Å². The number of nitrogens with one attached hydrogen (secondary N) is 1. The standard InChI is InChI=1S/C22H18F2IN3O4S/c23-13-9-19(27-18-6-5-14(25)11-17(18)24)21(22(26)29)20(10-13)32-16-4-1-3-15(12-16)28-7-2-8-33(28,30)31/h1,3-6,9-12,27H,2,7-8H2,(H2,26,29). The van der Waals surface area contributed by atoms with Gasteiger partial charge < -0.3 is 15.8 Å². The summed E-state index contributed by atoms with van der Waals surface area (Å²) in [6.07, 6.45) is 0.507. The molecule has 33 heavy (non-hydrogen) atoms. The lowest BCUT2D eigenvalue weighted by Crippen LogP contribution is -2.24. The van der Waals surface area contributed by atoms with Crippen LogP contribution in [0.1, 0.15) is 16.8 Å². The number of sulfonamides is 1. The number of ether oxygens (including phenoxy) is 1. The van der Waals surface area contributed by atoms with Gasteiger partial charge in [0.15, 0.2) is 0 Å². The molecule has 0 aromatic heterocycles. The number of hydrogen-bond donors (Lipinski definition) is 2. The summed E-state index contributed by atoms with van der Waals surface area (Å²) in [6, 6.07) is 12.6. The van der Waals surface area contributed by atoms with Crippen molar-refractivity contribution in [3.05, 3.63) is 75.4 Å². The number of amides is 1. The molecule has 1 fully saturated rings. The molecule has 0 radical (unpaired) electrons. The van der Waals surface area contributed by atoms with Crippen LogP contribution in [0.5, 0.6) is 11.5 Å². The van der Waals surface area contributed by atoms with E-state index >= 15 is 0 Å². The average Bonchev–Trinajstić information content (AvgIpc) is 3.08. The molecule has 1 aliphatic rings. The molecule has 1 aliphatic heterocycles. The number of hydrogen-bond acceptors (Lipinski definition) is 5. The SMILES string of the molecule is NC(=O)c1c(Nc2ccc(I)cc2F)cc(F)cc1Oc1cccc(N2CCCS2(=O)=O)c1. The first-order valence-corrected chi connectivity index (χ1v) is 12.5. The van der Waals surface area contributed by atoms with Crippen LogP contribution in [-0.4, -0.2) is 26.6 Å². The Bertz CT molecular complexity index is 1350. The molecule has 3 aromatic carbocycles. The summed E-state index contributed by atoms with van der Waals surface area (Å²) >= 11 is 1.95. The van der Waals surface area contributed by atoms with Gasteiger partial charge >= 0.3 is 0 Å². The quantitative estimate of drug-likeness (QED) is 0.407. The van der Waals surface area contributed by atoms with E-state index in [4.69, 9.17) is 10.5 Å². The van der Waals surface area contributed by atoms with Crippen LogP contribution in [-0.2, 0) is 10.0 Å². The molecule has 0 unspecified atom stereocenters. The van der Waals surface area contributed by atoms with Crippen LogP contribution in [0.25, 0.3) is 0 Å². The smallest absolute Gasteiger partial charge is 0.254 e. The molecule has 3 aromatic rings. The van der Waals surface area contributed by atoms with Gasteiger partial charge in [0.25, 0.3) is 5.91 Å². The maximum absolute atomic E-state index is 14.4. The van der Waals surface area contributed by atoms with Gasteiger partial charge in [-0.25, -0.2) is 17.2 Å². The first kappa shape index (κ1) is 23.2. The number of benzene rings is 3. The number of anilines is 3. The number of carbonyl (C=O) groups excluding carboxylic acids is 1. The lowest BCUT2D eigenvalue weighted by Gasteiger charge is -2.19. The molecule has 0 aliphatic carbocycles. The molecule has 1 saturated heterocycles. The maximum Gasteiger partial charge on any atom is 0.254 e. The highest BCUT2D eigenvalue weighted by atomic mass is 127. The topological polar surface area (TPSA) is 102 Å². The highest BCUT2D eigenvalue weighted by Gasteiger charge is 2.28. The highest BCUT2D eigenvalue weighted by Crippen LogP contribution is 2.36. The predicted molar refractivity (Wildman–Crippen MR) is 130 cm³/mol. The second-order valence-corrected chi connectivity index (χ2v) is 10.5. The molecular formula is C22H18F2IN3O4S. The van der Waals surface area contributed by atoms with E-state index in [2.05, 4.69) is 5.32 Å². The second-order valence-electron chi connectivity index (χ2n) is 7.28. The molecule has 0 saturated carbocycles. The monoisotopic (exact) mass is 585 g/mol. The zero-order valence-corrected chi connectivity index (χ0v) is 20.0. The van der Waals surface area contributed by atoms with Gasteiger partial charge in [-0.1, -0.05) is 6.07 Å². The second kappa shape index (κ2) is 9.14. The lowest BCUT2D eigenvalue weighted by molar-refractivity contribution is 0.0999. The Labute approximate surface area is 202 Å². The summed E-state index contributed by atoms with van der Waals surface area (Å²) < 4.78 is 60.8. The third-order valence-corrected chi connectivity index (χ3v) is 7.49. The van der Waals surface area contributed by atoms with Gasteiger partial charge in [0, 0.05) is 22.2 Å². The highest BCUT2D eigenvalue weighted by molar-refractivity contribution is 14.1. The van der Waals surface area contributed by atoms with Crippen LogP contribution in [0.4, 0.5) is 25.8 Å². The zero-order valence-electron chi connectivity index (χ0n) is 17.0. The Balaban J connectivity index is 1.71. The van der Waals surface area contributed by atoms with Crippen LogP contribution < -0.4 is 20.1 Å². The molecule has 4 rings (SSSR count). The summed E-state index contributed by atoms with van der Waals surface area (Å²) in [5.41, 5.74) is 5.69. The number of nitrogens with zero attached hydrogens (tertiary/aromatic N) is 1. The van der Waals surface area contributed by atoms with Crippen molar-refractivity contribution in [3.63, 3.8) is 0 Å². The van der Waals surface area contributed by atoms with Gasteiger partial charge in [0.2, 0.25) is 10.0 Å². The largest absolute Gasteiger partial charge is 0.456 e. The van der Waals surface area contributed by atoms with E-state index in [0.717, 1.165) is 12.1 Å². The minimum Gasteiger partial charge on any atom is -0.456 e. The van der Waals surface area contributed by atoms with E-state index in [9.17, 15) is 22.0 Å². The number of halogens is 3. The normalized spacial score (nSPS) is 14.8. The number of rotatable bonds is 6. The summed E-state index contributed by atoms with van der Waals surface area (Å²) in [6.45, 7) is 0.341. The van der Waals surface area contributed by atoms with E-state index in [0.29, 0.717) is 22.2 Å². The third-order valence-electron chi connectivity index (χ3n) is 4.95. The van der Waals surface area contributed by atoms with Crippen molar-refractivity contribution >= 4 is 55.6 Å². The van der Waals surface area contributed by atoms with Crippen molar-refractivity contribution in [2.75, 3.05) is 21.9 Å². The van der Waals surface area contributed by atoms with Gasteiger partial charge in [0.1, 0.15) is 28.7 Å². The molecule has 1 heterocycles. The van der Waals surface area contributed by atoms with Crippen molar-refractivity contribution < 1.29 is 26.7 Å². The Morgan fingerprint density at radius 2 is 1.88 bits per heavy atom.